The second kappa shape index (κ2) is 5.94. The van der Waals surface area contributed by atoms with E-state index in [4.69, 9.17) is 0 Å². The minimum absolute atomic E-state index is 0.196. The molecule has 0 fully saturated rings. The monoisotopic (exact) mass is 292 g/mol. The van der Waals surface area contributed by atoms with Gasteiger partial charge >= 0.3 is 5.97 Å². The van der Waals surface area contributed by atoms with Crippen molar-refractivity contribution in [2.45, 2.75) is 18.7 Å². The summed E-state index contributed by atoms with van der Waals surface area (Å²) >= 11 is 3.10. The van der Waals surface area contributed by atoms with Crippen LogP contribution in [0, 0.1) is 11.6 Å². The molecule has 0 spiro atoms. The van der Waals surface area contributed by atoms with Gasteiger partial charge in [0.05, 0.1) is 13.0 Å². The Morgan fingerprint density at radius 2 is 1.94 bits per heavy atom. The minimum atomic E-state index is -0.720. The number of halogens is 3. The topological polar surface area (TPSA) is 26.3 Å². The van der Waals surface area contributed by atoms with E-state index in [1.807, 2.05) is 0 Å². The van der Waals surface area contributed by atoms with E-state index in [0.717, 1.165) is 0 Å². The van der Waals surface area contributed by atoms with E-state index in [9.17, 15) is 13.6 Å². The van der Waals surface area contributed by atoms with Crippen molar-refractivity contribution in [1.82, 2.24) is 0 Å². The Bertz CT molecular complexity index is 371. The zero-order chi connectivity index (χ0) is 12.1. The van der Waals surface area contributed by atoms with Crippen molar-refractivity contribution in [3.05, 3.63) is 34.9 Å². The lowest BCUT2D eigenvalue weighted by atomic mass is 10.1. The molecule has 0 aromatic heterocycles. The van der Waals surface area contributed by atoms with E-state index in [0.29, 0.717) is 10.9 Å². The molecule has 0 bridgehead atoms. The smallest absolute Gasteiger partial charge is 0.310 e. The van der Waals surface area contributed by atoms with Crippen LogP contribution in [0.5, 0.6) is 0 Å². The molecule has 88 valence electrons. The lowest BCUT2D eigenvalue weighted by Gasteiger charge is -2.06. The summed E-state index contributed by atoms with van der Waals surface area (Å²) in [5, 5.41) is 0.362. The van der Waals surface area contributed by atoms with Crippen LogP contribution >= 0.6 is 15.9 Å². The SMILES string of the molecule is CCOC(=O)Cc1c(F)cc(CBr)cc1F. The molecule has 0 N–H and O–H groups in total. The maximum absolute atomic E-state index is 13.4. The first-order valence-electron chi connectivity index (χ1n) is 4.76. The highest BCUT2D eigenvalue weighted by atomic mass is 79.9. The van der Waals surface area contributed by atoms with Gasteiger partial charge in [-0.2, -0.15) is 0 Å². The van der Waals surface area contributed by atoms with Gasteiger partial charge in [-0.25, -0.2) is 8.78 Å². The van der Waals surface area contributed by atoms with Crippen LogP contribution in [0.15, 0.2) is 12.1 Å². The molecule has 0 unspecified atom stereocenters. The molecule has 0 saturated heterocycles. The number of benzene rings is 1. The van der Waals surface area contributed by atoms with Crippen molar-refractivity contribution in [1.29, 1.82) is 0 Å². The second-order valence-electron chi connectivity index (χ2n) is 3.15. The minimum Gasteiger partial charge on any atom is -0.466 e. The van der Waals surface area contributed by atoms with Gasteiger partial charge < -0.3 is 4.74 Å². The van der Waals surface area contributed by atoms with E-state index in [1.54, 1.807) is 6.92 Å². The quantitative estimate of drug-likeness (QED) is 0.630. The Labute approximate surface area is 101 Å². The highest BCUT2D eigenvalue weighted by Crippen LogP contribution is 2.18. The Morgan fingerprint density at radius 3 is 2.38 bits per heavy atom. The summed E-state index contributed by atoms with van der Waals surface area (Å²) in [5.74, 6) is -2.07. The molecule has 1 aromatic carbocycles. The zero-order valence-corrected chi connectivity index (χ0v) is 10.3. The number of hydrogen-bond acceptors (Lipinski definition) is 2. The summed E-state index contributed by atoms with van der Waals surface area (Å²) in [6, 6.07) is 2.40. The summed E-state index contributed by atoms with van der Waals surface area (Å²) in [6.45, 7) is 1.83. The Balaban J connectivity index is 2.92. The van der Waals surface area contributed by atoms with Gasteiger partial charge in [0.2, 0.25) is 0 Å². The zero-order valence-electron chi connectivity index (χ0n) is 8.73. The van der Waals surface area contributed by atoms with Crippen LogP contribution in [0.3, 0.4) is 0 Å². The van der Waals surface area contributed by atoms with Crippen LogP contribution < -0.4 is 0 Å². The van der Waals surface area contributed by atoms with Crippen LogP contribution in [0.2, 0.25) is 0 Å². The molecule has 0 heterocycles. The van der Waals surface area contributed by atoms with Crippen molar-refractivity contribution in [3.8, 4) is 0 Å². The number of ether oxygens (including phenoxy) is 1. The lowest BCUT2D eigenvalue weighted by Crippen LogP contribution is -2.10. The fourth-order valence-electron chi connectivity index (χ4n) is 1.26. The van der Waals surface area contributed by atoms with Crippen molar-refractivity contribution >= 4 is 21.9 Å². The fourth-order valence-corrected chi connectivity index (χ4v) is 1.58. The molecule has 0 amide bonds. The maximum Gasteiger partial charge on any atom is 0.310 e. The molecule has 0 atom stereocenters. The standard InChI is InChI=1S/C11H11BrF2O2/c1-2-16-11(15)5-8-9(13)3-7(6-12)4-10(8)14/h3-4H,2,5-6H2,1H3. The number of alkyl halides is 1. The number of rotatable bonds is 4. The third-order valence-electron chi connectivity index (χ3n) is 1.98. The molecule has 0 saturated carbocycles. The van der Waals surface area contributed by atoms with Gasteiger partial charge in [0.1, 0.15) is 11.6 Å². The predicted molar refractivity (Wildman–Crippen MR) is 59.3 cm³/mol. The summed E-state index contributed by atoms with van der Waals surface area (Å²) < 4.78 is 31.5. The van der Waals surface area contributed by atoms with Crippen LogP contribution in [0.25, 0.3) is 0 Å². The second-order valence-corrected chi connectivity index (χ2v) is 3.71. The van der Waals surface area contributed by atoms with Crippen LogP contribution in [0.4, 0.5) is 8.78 Å². The molecule has 0 radical (unpaired) electrons. The third-order valence-corrected chi connectivity index (χ3v) is 2.63. The Hall–Kier alpha value is -0.970. The molecule has 0 aliphatic rings. The van der Waals surface area contributed by atoms with E-state index < -0.39 is 17.6 Å². The predicted octanol–water partition coefficient (Wildman–Crippen LogP) is 2.97. The van der Waals surface area contributed by atoms with Gasteiger partial charge in [-0.1, -0.05) is 15.9 Å². The highest BCUT2D eigenvalue weighted by molar-refractivity contribution is 9.08. The third kappa shape index (κ3) is 3.27. The normalized spacial score (nSPS) is 10.2. The van der Waals surface area contributed by atoms with Crippen LogP contribution in [-0.4, -0.2) is 12.6 Å². The van der Waals surface area contributed by atoms with Gasteiger partial charge in [0.25, 0.3) is 0 Å². The van der Waals surface area contributed by atoms with E-state index in [-0.39, 0.29) is 18.6 Å². The maximum atomic E-state index is 13.4. The largest absolute Gasteiger partial charge is 0.466 e. The Morgan fingerprint density at radius 1 is 1.38 bits per heavy atom. The van der Waals surface area contributed by atoms with Gasteiger partial charge in [-0.3, -0.25) is 4.79 Å². The number of hydrogen-bond donors (Lipinski definition) is 0. The molecule has 0 aliphatic heterocycles. The summed E-state index contributed by atoms with van der Waals surface area (Å²) in [5.41, 5.74) is 0.241. The first-order chi connectivity index (χ1) is 7.58. The van der Waals surface area contributed by atoms with Gasteiger partial charge in [0.15, 0.2) is 0 Å². The van der Waals surface area contributed by atoms with Gasteiger partial charge in [-0.05, 0) is 24.6 Å². The van der Waals surface area contributed by atoms with E-state index in [2.05, 4.69) is 20.7 Å². The number of carbonyl (C=O) groups is 1. The average Bonchev–Trinajstić information content (AvgIpc) is 2.23. The first kappa shape index (κ1) is 13.1. The summed E-state index contributed by atoms with van der Waals surface area (Å²) in [6.07, 6.45) is -0.381. The summed E-state index contributed by atoms with van der Waals surface area (Å²) in [4.78, 5) is 11.1. The van der Waals surface area contributed by atoms with Crippen molar-refractivity contribution in [2.24, 2.45) is 0 Å². The van der Waals surface area contributed by atoms with Crippen molar-refractivity contribution in [2.75, 3.05) is 6.61 Å². The Kier molecular flexibility index (Phi) is 4.86. The fraction of sp³-hybridized carbons (Fsp3) is 0.364. The molecule has 1 aromatic rings. The molecule has 2 nitrogen and oxygen atoms in total. The van der Waals surface area contributed by atoms with Crippen LogP contribution in [-0.2, 0) is 21.3 Å². The lowest BCUT2D eigenvalue weighted by molar-refractivity contribution is -0.142. The first-order valence-corrected chi connectivity index (χ1v) is 5.89. The molecule has 5 heteroatoms. The molecular weight excluding hydrogens is 282 g/mol. The van der Waals surface area contributed by atoms with Gasteiger partial charge in [0, 0.05) is 10.9 Å². The van der Waals surface area contributed by atoms with Crippen LogP contribution in [0.1, 0.15) is 18.1 Å². The van der Waals surface area contributed by atoms with E-state index >= 15 is 0 Å². The number of carbonyl (C=O) groups excluding carboxylic acids is 1. The molecular formula is C11H11BrF2O2. The summed E-state index contributed by atoms with van der Waals surface area (Å²) in [7, 11) is 0. The average molecular weight is 293 g/mol. The number of esters is 1. The molecule has 0 aliphatic carbocycles. The molecule has 16 heavy (non-hydrogen) atoms. The van der Waals surface area contributed by atoms with Crippen molar-refractivity contribution in [3.63, 3.8) is 0 Å². The van der Waals surface area contributed by atoms with E-state index in [1.165, 1.54) is 12.1 Å². The highest BCUT2D eigenvalue weighted by Gasteiger charge is 2.15. The van der Waals surface area contributed by atoms with Crippen molar-refractivity contribution < 1.29 is 18.3 Å². The molecule has 1 rings (SSSR count). The van der Waals surface area contributed by atoms with Gasteiger partial charge in [-0.15, -0.1) is 0 Å².